The van der Waals surface area contributed by atoms with E-state index in [4.69, 9.17) is 4.74 Å². The van der Waals surface area contributed by atoms with Crippen molar-refractivity contribution in [3.8, 4) is 0 Å². The van der Waals surface area contributed by atoms with Gasteiger partial charge in [-0.3, -0.25) is 14.4 Å². The average molecular weight is 443 g/mol. The number of allylic oxidation sites excluding steroid dienone is 1. The molecule has 0 bridgehead atoms. The van der Waals surface area contributed by atoms with E-state index >= 15 is 0 Å². The molecule has 0 radical (unpaired) electrons. The summed E-state index contributed by atoms with van der Waals surface area (Å²) < 4.78 is 6.23. The third-order valence-electron chi connectivity index (χ3n) is 10.7. The molecule has 1 spiro atoms. The highest BCUT2D eigenvalue weighted by atomic mass is 32.2. The maximum absolute atomic E-state index is 12.6. The van der Waals surface area contributed by atoms with Gasteiger partial charge in [-0.1, -0.05) is 38.1 Å². The summed E-state index contributed by atoms with van der Waals surface area (Å²) >= 11 is 1.56. The zero-order chi connectivity index (χ0) is 21.8. The molecular formula is C26H34O4S. The summed E-state index contributed by atoms with van der Waals surface area (Å²) in [5.74, 6) is 2.95. The van der Waals surface area contributed by atoms with E-state index in [2.05, 4.69) is 13.8 Å². The van der Waals surface area contributed by atoms with Gasteiger partial charge in [0.15, 0.2) is 10.9 Å². The monoisotopic (exact) mass is 442 g/mol. The standard InChI is InChI=1S/C26H34O4S/c1-4-21(29)31-19-12-14-11-15(27)5-8-24(14,2)17-6-9-25(3)23(22(17)19)16-13-18(16)26(25)10-7-20(28)30-26/h11,16-19,22-23H,4-10,12-13H2,1-3H3/t16-,17?,18+,19-,22?,23?,24+,25+,26+/m1/s1. The van der Waals surface area contributed by atoms with Crippen LogP contribution in [0.25, 0.3) is 0 Å². The number of thioether (sulfide) groups is 1. The predicted octanol–water partition coefficient (Wildman–Crippen LogP) is 5.10. The predicted molar refractivity (Wildman–Crippen MR) is 119 cm³/mol. The van der Waals surface area contributed by atoms with Gasteiger partial charge in [0.2, 0.25) is 0 Å². The van der Waals surface area contributed by atoms with E-state index < -0.39 is 0 Å². The number of hydrogen-bond donors (Lipinski definition) is 0. The molecule has 6 aliphatic rings. The molecule has 5 aliphatic carbocycles. The summed E-state index contributed by atoms with van der Waals surface area (Å²) in [5, 5.41) is 0.524. The highest BCUT2D eigenvalue weighted by molar-refractivity contribution is 8.14. The van der Waals surface area contributed by atoms with E-state index in [0.717, 1.165) is 32.1 Å². The molecule has 4 nitrogen and oxygen atoms in total. The molecule has 0 amide bonds. The van der Waals surface area contributed by atoms with Crippen molar-refractivity contribution in [1.82, 2.24) is 0 Å². The van der Waals surface area contributed by atoms with Crippen molar-refractivity contribution in [3.05, 3.63) is 11.6 Å². The Morgan fingerprint density at radius 2 is 1.97 bits per heavy atom. The van der Waals surface area contributed by atoms with E-state index in [-0.39, 0.29) is 38.5 Å². The van der Waals surface area contributed by atoms with Crippen LogP contribution < -0.4 is 0 Å². The van der Waals surface area contributed by atoms with Gasteiger partial charge in [-0.05, 0) is 73.7 Å². The van der Waals surface area contributed by atoms with Crippen molar-refractivity contribution >= 4 is 28.6 Å². The average Bonchev–Trinajstić information content (AvgIpc) is 3.37. The van der Waals surface area contributed by atoms with E-state index in [1.807, 2.05) is 13.0 Å². The van der Waals surface area contributed by atoms with E-state index in [0.29, 0.717) is 48.9 Å². The lowest BCUT2D eigenvalue weighted by molar-refractivity contribution is -0.176. The maximum atomic E-state index is 12.6. The van der Waals surface area contributed by atoms with Crippen LogP contribution in [0.1, 0.15) is 78.6 Å². The summed E-state index contributed by atoms with van der Waals surface area (Å²) in [6.45, 7) is 6.77. The smallest absolute Gasteiger partial charge is 0.306 e. The molecule has 0 N–H and O–H groups in total. The fourth-order valence-corrected chi connectivity index (χ4v) is 10.5. The zero-order valence-electron chi connectivity index (χ0n) is 18.9. The molecule has 168 valence electrons. The number of rotatable bonds is 2. The fraction of sp³-hybridized carbons (Fsp3) is 0.808. The molecule has 31 heavy (non-hydrogen) atoms. The first-order valence-corrected chi connectivity index (χ1v) is 13.3. The van der Waals surface area contributed by atoms with Gasteiger partial charge in [0.25, 0.3) is 0 Å². The molecule has 3 unspecified atom stereocenters. The van der Waals surface area contributed by atoms with Gasteiger partial charge in [0.1, 0.15) is 5.60 Å². The van der Waals surface area contributed by atoms with Gasteiger partial charge in [0, 0.05) is 35.8 Å². The van der Waals surface area contributed by atoms with Crippen molar-refractivity contribution in [2.45, 2.75) is 89.4 Å². The Hall–Kier alpha value is -1.10. The zero-order valence-corrected chi connectivity index (χ0v) is 19.8. The van der Waals surface area contributed by atoms with Gasteiger partial charge in [-0.2, -0.15) is 0 Å². The lowest BCUT2D eigenvalue weighted by atomic mass is 9.45. The Bertz CT molecular complexity index is 909. The van der Waals surface area contributed by atoms with Crippen molar-refractivity contribution < 1.29 is 19.1 Å². The molecule has 5 fully saturated rings. The first-order chi connectivity index (χ1) is 14.7. The minimum Gasteiger partial charge on any atom is -0.458 e. The molecule has 0 aromatic rings. The van der Waals surface area contributed by atoms with Gasteiger partial charge < -0.3 is 4.74 Å². The summed E-state index contributed by atoms with van der Waals surface area (Å²) in [6.07, 6.45) is 9.85. The van der Waals surface area contributed by atoms with E-state index in [1.165, 1.54) is 12.0 Å². The summed E-state index contributed by atoms with van der Waals surface area (Å²) in [6, 6.07) is 0. The van der Waals surface area contributed by atoms with Crippen LogP contribution in [-0.4, -0.2) is 27.7 Å². The Kier molecular flexibility index (Phi) is 4.29. The van der Waals surface area contributed by atoms with Crippen molar-refractivity contribution in [2.75, 3.05) is 0 Å². The van der Waals surface area contributed by atoms with Crippen LogP contribution in [0, 0.1) is 40.4 Å². The summed E-state index contributed by atoms with van der Waals surface area (Å²) in [5.41, 5.74) is 1.17. The third-order valence-corrected chi connectivity index (χ3v) is 12.0. The number of esters is 1. The molecule has 5 heteroatoms. The van der Waals surface area contributed by atoms with Gasteiger partial charge >= 0.3 is 5.97 Å². The molecule has 9 atom stereocenters. The maximum Gasteiger partial charge on any atom is 0.306 e. The highest BCUT2D eigenvalue weighted by Crippen LogP contribution is 2.79. The first-order valence-electron chi connectivity index (χ1n) is 12.4. The molecule has 6 rings (SSSR count). The number of fused-ring (bicyclic) bond motifs is 9. The number of carbonyl (C=O) groups is 3. The van der Waals surface area contributed by atoms with Crippen LogP contribution in [-0.2, 0) is 19.1 Å². The second kappa shape index (κ2) is 6.48. The van der Waals surface area contributed by atoms with Crippen LogP contribution >= 0.6 is 11.8 Å². The first kappa shape index (κ1) is 20.5. The molecule has 1 saturated heterocycles. The van der Waals surface area contributed by atoms with Crippen molar-refractivity contribution in [1.29, 1.82) is 0 Å². The quantitative estimate of drug-likeness (QED) is 0.557. The summed E-state index contributed by atoms with van der Waals surface area (Å²) in [7, 11) is 0. The minimum atomic E-state index is -0.256. The fourth-order valence-electron chi connectivity index (χ4n) is 9.22. The molecule has 0 aromatic heterocycles. The molecule has 4 saturated carbocycles. The number of ether oxygens (including phenoxy) is 1. The Morgan fingerprint density at radius 1 is 1.16 bits per heavy atom. The van der Waals surface area contributed by atoms with Crippen LogP contribution in [0.4, 0.5) is 0 Å². The topological polar surface area (TPSA) is 60.4 Å². The van der Waals surface area contributed by atoms with E-state index in [1.54, 1.807) is 11.8 Å². The van der Waals surface area contributed by atoms with Crippen LogP contribution in [0.3, 0.4) is 0 Å². The normalized spacial score (nSPS) is 52.0. The number of carbonyl (C=O) groups excluding carboxylic acids is 3. The largest absolute Gasteiger partial charge is 0.458 e. The molecular weight excluding hydrogens is 408 g/mol. The lowest BCUT2D eigenvalue weighted by Gasteiger charge is -2.62. The van der Waals surface area contributed by atoms with E-state index in [9.17, 15) is 14.4 Å². The highest BCUT2D eigenvalue weighted by Gasteiger charge is 2.79. The molecule has 0 aromatic carbocycles. The third kappa shape index (κ3) is 2.53. The van der Waals surface area contributed by atoms with Gasteiger partial charge in [0.05, 0.1) is 0 Å². The Balaban J connectivity index is 1.44. The second-order valence-electron chi connectivity index (χ2n) is 11.7. The van der Waals surface area contributed by atoms with Crippen molar-refractivity contribution in [2.24, 2.45) is 40.4 Å². The Morgan fingerprint density at radius 3 is 2.68 bits per heavy atom. The van der Waals surface area contributed by atoms with Crippen LogP contribution in [0.15, 0.2) is 11.6 Å². The SMILES string of the molecule is CCC(=O)S[C@@H]1CC2=CC(=O)CC[C@]2(C)C2CC[C@@]3(C)C(C21)[C@@H]1C[C@@H]1[C@@]31CCC(=O)O1. The molecule has 1 heterocycles. The van der Waals surface area contributed by atoms with Crippen LogP contribution in [0.5, 0.6) is 0 Å². The lowest BCUT2D eigenvalue weighted by Crippen LogP contribution is -2.59. The number of hydrogen-bond acceptors (Lipinski definition) is 5. The van der Waals surface area contributed by atoms with Gasteiger partial charge in [-0.15, -0.1) is 0 Å². The minimum absolute atomic E-state index is 0.00615. The number of ketones is 1. The Labute approximate surface area is 189 Å². The second-order valence-corrected chi connectivity index (χ2v) is 13.0. The van der Waals surface area contributed by atoms with Gasteiger partial charge in [-0.25, -0.2) is 0 Å². The molecule has 1 aliphatic heterocycles. The van der Waals surface area contributed by atoms with Crippen LogP contribution in [0.2, 0.25) is 0 Å². The summed E-state index contributed by atoms with van der Waals surface area (Å²) in [4.78, 5) is 37.2. The van der Waals surface area contributed by atoms with Crippen molar-refractivity contribution in [3.63, 3.8) is 0 Å².